The zero-order valence-electron chi connectivity index (χ0n) is 10.2. The average Bonchev–Trinajstić information content (AvgIpc) is 2.87. The van der Waals surface area contributed by atoms with Gasteiger partial charge in [0.15, 0.2) is 0 Å². The van der Waals surface area contributed by atoms with Crippen molar-refractivity contribution in [2.24, 2.45) is 7.05 Å². The lowest BCUT2D eigenvalue weighted by Gasteiger charge is -2.06. The van der Waals surface area contributed by atoms with Crippen molar-refractivity contribution in [1.82, 2.24) is 19.6 Å². The molecule has 0 saturated carbocycles. The maximum absolute atomic E-state index is 10.9. The first-order chi connectivity index (χ1) is 8.59. The van der Waals surface area contributed by atoms with E-state index in [2.05, 4.69) is 15.5 Å². The van der Waals surface area contributed by atoms with E-state index in [-0.39, 0.29) is 5.69 Å². The molecule has 0 aromatic carbocycles. The van der Waals surface area contributed by atoms with Crippen LogP contribution in [0.1, 0.15) is 5.69 Å². The summed E-state index contributed by atoms with van der Waals surface area (Å²) in [6, 6.07) is 1.83. The van der Waals surface area contributed by atoms with Crippen LogP contribution in [-0.4, -0.2) is 31.0 Å². The smallest absolute Gasteiger partial charge is 0.333 e. The Bertz CT molecular complexity index is 545. The standard InChI is InChI=1S/C10H14N6O2/c1-8-9(16(17)18)10(14(2)13-8)11-5-7-15-6-3-4-12-15/h3-4,6,11H,5,7H2,1-2H3. The Kier molecular flexibility index (Phi) is 3.26. The number of rotatable bonds is 5. The first kappa shape index (κ1) is 12.1. The molecule has 96 valence electrons. The van der Waals surface area contributed by atoms with Crippen LogP contribution in [0.2, 0.25) is 0 Å². The minimum atomic E-state index is -0.418. The molecular formula is C10H14N6O2. The van der Waals surface area contributed by atoms with Gasteiger partial charge >= 0.3 is 5.69 Å². The summed E-state index contributed by atoms with van der Waals surface area (Å²) in [5.74, 6) is 0.421. The molecule has 8 heteroatoms. The van der Waals surface area contributed by atoms with Gasteiger partial charge in [-0.25, -0.2) is 4.68 Å². The van der Waals surface area contributed by atoms with Gasteiger partial charge in [0, 0.05) is 26.0 Å². The zero-order valence-corrected chi connectivity index (χ0v) is 10.2. The Labute approximate surface area is 103 Å². The second-order valence-electron chi connectivity index (χ2n) is 3.86. The maximum Gasteiger partial charge on any atom is 0.333 e. The number of aryl methyl sites for hydroxylation is 2. The molecule has 18 heavy (non-hydrogen) atoms. The van der Waals surface area contributed by atoms with Crippen LogP contribution < -0.4 is 5.32 Å². The second-order valence-corrected chi connectivity index (χ2v) is 3.86. The summed E-state index contributed by atoms with van der Waals surface area (Å²) in [4.78, 5) is 10.5. The molecule has 8 nitrogen and oxygen atoms in total. The van der Waals surface area contributed by atoms with Gasteiger partial charge in [0.05, 0.1) is 11.5 Å². The first-order valence-electron chi connectivity index (χ1n) is 5.49. The molecule has 0 atom stereocenters. The highest BCUT2D eigenvalue weighted by atomic mass is 16.6. The van der Waals surface area contributed by atoms with Crippen molar-refractivity contribution >= 4 is 11.5 Å². The lowest BCUT2D eigenvalue weighted by Crippen LogP contribution is -2.13. The Morgan fingerprint density at radius 2 is 2.33 bits per heavy atom. The molecule has 0 aliphatic heterocycles. The van der Waals surface area contributed by atoms with Crippen LogP contribution in [0.15, 0.2) is 18.5 Å². The maximum atomic E-state index is 10.9. The summed E-state index contributed by atoms with van der Waals surface area (Å²) in [6.07, 6.45) is 3.53. The van der Waals surface area contributed by atoms with Crippen LogP contribution in [0, 0.1) is 17.0 Å². The number of nitro groups is 1. The Morgan fingerprint density at radius 1 is 1.56 bits per heavy atom. The Balaban J connectivity index is 2.07. The highest BCUT2D eigenvalue weighted by molar-refractivity contribution is 5.59. The van der Waals surface area contributed by atoms with Gasteiger partial charge in [-0.3, -0.25) is 14.8 Å². The molecule has 2 heterocycles. The Hall–Kier alpha value is -2.38. The normalized spacial score (nSPS) is 10.6. The minimum Gasteiger partial charge on any atom is -0.363 e. The van der Waals surface area contributed by atoms with Crippen molar-refractivity contribution in [2.45, 2.75) is 13.5 Å². The summed E-state index contributed by atoms with van der Waals surface area (Å²) in [6.45, 7) is 2.80. The molecule has 0 amide bonds. The number of nitrogens with zero attached hydrogens (tertiary/aromatic N) is 5. The quantitative estimate of drug-likeness (QED) is 0.630. The van der Waals surface area contributed by atoms with E-state index in [1.54, 1.807) is 24.9 Å². The second kappa shape index (κ2) is 4.86. The van der Waals surface area contributed by atoms with Crippen LogP contribution in [0.25, 0.3) is 0 Å². The lowest BCUT2D eigenvalue weighted by atomic mass is 10.4. The SMILES string of the molecule is Cc1nn(C)c(NCCn2cccn2)c1[N+](=O)[O-]. The monoisotopic (exact) mass is 250 g/mol. The summed E-state index contributed by atoms with van der Waals surface area (Å²) in [5.41, 5.74) is 0.432. The van der Waals surface area contributed by atoms with Gasteiger partial charge in [-0.1, -0.05) is 0 Å². The molecule has 0 bridgehead atoms. The molecular weight excluding hydrogens is 236 g/mol. The minimum absolute atomic E-state index is 0.0259. The van der Waals surface area contributed by atoms with Crippen LogP contribution >= 0.6 is 0 Å². The van der Waals surface area contributed by atoms with Gasteiger partial charge in [0.1, 0.15) is 5.69 Å². The molecule has 2 aromatic rings. The highest BCUT2D eigenvalue weighted by Gasteiger charge is 2.23. The molecule has 0 aliphatic carbocycles. The van der Waals surface area contributed by atoms with E-state index in [1.807, 2.05) is 12.3 Å². The molecule has 1 N–H and O–H groups in total. The van der Waals surface area contributed by atoms with E-state index in [1.165, 1.54) is 4.68 Å². The topological polar surface area (TPSA) is 90.8 Å². The predicted molar refractivity (Wildman–Crippen MR) is 65.3 cm³/mol. The van der Waals surface area contributed by atoms with Crippen molar-refractivity contribution in [2.75, 3.05) is 11.9 Å². The van der Waals surface area contributed by atoms with Gasteiger partial charge in [-0.15, -0.1) is 0 Å². The van der Waals surface area contributed by atoms with Gasteiger partial charge in [0.25, 0.3) is 0 Å². The average molecular weight is 250 g/mol. The summed E-state index contributed by atoms with van der Waals surface area (Å²) in [5, 5.41) is 22.1. The molecule has 0 unspecified atom stereocenters. The Morgan fingerprint density at radius 3 is 2.94 bits per heavy atom. The van der Waals surface area contributed by atoms with E-state index < -0.39 is 4.92 Å². The molecule has 2 rings (SSSR count). The fourth-order valence-electron chi connectivity index (χ4n) is 1.79. The molecule has 0 saturated heterocycles. The largest absolute Gasteiger partial charge is 0.363 e. The fraction of sp³-hybridized carbons (Fsp3) is 0.400. The molecule has 0 aliphatic rings. The zero-order chi connectivity index (χ0) is 13.1. The third-order valence-corrected chi connectivity index (χ3v) is 2.57. The van der Waals surface area contributed by atoms with E-state index in [4.69, 9.17) is 0 Å². The first-order valence-corrected chi connectivity index (χ1v) is 5.49. The molecule has 0 fully saturated rings. The summed E-state index contributed by atoms with van der Waals surface area (Å²) in [7, 11) is 1.68. The summed E-state index contributed by atoms with van der Waals surface area (Å²) < 4.78 is 3.23. The highest BCUT2D eigenvalue weighted by Crippen LogP contribution is 2.26. The number of anilines is 1. The van der Waals surface area contributed by atoms with Crippen molar-refractivity contribution < 1.29 is 4.92 Å². The van der Waals surface area contributed by atoms with Crippen LogP contribution in [0.3, 0.4) is 0 Å². The van der Waals surface area contributed by atoms with Gasteiger partial charge in [-0.05, 0) is 13.0 Å². The van der Waals surface area contributed by atoms with Crippen molar-refractivity contribution in [3.63, 3.8) is 0 Å². The molecule has 0 spiro atoms. The number of hydrogen-bond donors (Lipinski definition) is 1. The van der Waals surface area contributed by atoms with Crippen molar-refractivity contribution in [3.05, 3.63) is 34.3 Å². The third kappa shape index (κ3) is 2.31. The number of aromatic nitrogens is 4. The van der Waals surface area contributed by atoms with E-state index in [0.717, 1.165) is 0 Å². The lowest BCUT2D eigenvalue weighted by molar-refractivity contribution is -0.384. The van der Waals surface area contributed by atoms with Gasteiger partial charge in [-0.2, -0.15) is 10.2 Å². The van der Waals surface area contributed by atoms with E-state index in [9.17, 15) is 10.1 Å². The molecule has 2 aromatic heterocycles. The van der Waals surface area contributed by atoms with Crippen LogP contribution in [-0.2, 0) is 13.6 Å². The fourth-order valence-corrected chi connectivity index (χ4v) is 1.79. The van der Waals surface area contributed by atoms with Crippen LogP contribution in [0.4, 0.5) is 11.5 Å². The summed E-state index contributed by atoms with van der Waals surface area (Å²) >= 11 is 0. The van der Waals surface area contributed by atoms with Crippen molar-refractivity contribution in [3.8, 4) is 0 Å². The number of hydrogen-bond acceptors (Lipinski definition) is 5. The van der Waals surface area contributed by atoms with E-state index in [0.29, 0.717) is 24.6 Å². The third-order valence-electron chi connectivity index (χ3n) is 2.57. The van der Waals surface area contributed by atoms with Crippen molar-refractivity contribution in [1.29, 1.82) is 0 Å². The van der Waals surface area contributed by atoms with Gasteiger partial charge in [0.2, 0.25) is 5.82 Å². The van der Waals surface area contributed by atoms with E-state index >= 15 is 0 Å². The molecule has 0 radical (unpaired) electrons. The predicted octanol–water partition coefficient (Wildman–Crippen LogP) is 0.945. The van der Waals surface area contributed by atoms with Crippen LogP contribution in [0.5, 0.6) is 0 Å². The van der Waals surface area contributed by atoms with Gasteiger partial charge < -0.3 is 5.32 Å². The number of nitrogens with one attached hydrogen (secondary N) is 1.